The smallest absolute Gasteiger partial charge is 0.339 e. The molecule has 3 aliphatic rings. The number of halogens is 1. The van der Waals surface area contributed by atoms with Gasteiger partial charge in [0.2, 0.25) is 0 Å². The number of hydrogen-bond acceptors (Lipinski definition) is 5. The second-order valence-corrected chi connectivity index (χ2v) is 11.2. The number of aliphatic hydroxyl groups is 1. The van der Waals surface area contributed by atoms with Crippen LogP contribution in [0.25, 0.3) is 11.0 Å². The van der Waals surface area contributed by atoms with Gasteiger partial charge >= 0.3 is 5.63 Å². The van der Waals surface area contributed by atoms with Gasteiger partial charge in [0.1, 0.15) is 11.3 Å². The van der Waals surface area contributed by atoms with Crippen LogP contribution in [-0.2, 0) is 17.6 Å². The number of carbonyl (C=O) groups excluding carboxylic acids is 1. The molecule has 0 radical (unpaired) electrons. The molecule has 0 bridgehead atoms. The van der Waals surface area contributed by atoms with Crippen LogP contribution in [0.2, 0.25) is 5.02 Å². The standard InChI is InChI=1S/C30H32ClNO5/c31-20-10-8-19(9-11-20)28-25-7-3-4-14-30(25,35)15-16-32(28)27(33)18-36-21-12-13-23-22-5-1-2-6-24(22)29(34)37-26(23)17-21/h8-13,17,25,28,35H,1-7,14-16,18H2/t25-,28-,30+/m1/s1. The van der Waals surface area contributed by atoms with Gasteiger partial charge in [0.05, 0.1) is 11.6 Å². The highest BCUT2D eigenvalue weighted by Crippen LogP contribution is 2.49. The number of piperidine rings is 1. The molecule has 1 amide bonds. The van der Waals surface area contributed by atoms with Crippen LogP contribution < -0.4 is 10.4 Å². The van der Waals surface area contributed by atoms with Gasteiger partial charge < -0.3 is 19.2 Å². The average Bonchev–Trinajstić information content (AvgIpc) is 2.91. The molecule has 0 spiro atoms. The van der Waals surface area contributed by atoms with Crippen molar-refractivity contribution < 1.29 is 19.1 Å². The Hall–Kier alpha value is -2.83. The van der Waals surface area contributed by atoms with Gasteiger partial charge in [-0.2, -0.15) is 0 Å². The molecule has 0 unspecified atom stereocenters. The lowest BCUT2D eigenvalue weighted by Crippen LogP contribution is -2.56. The van der Waals surface area contributed by atoms with Gasteiger partial charge in [0, 0.05) is 34.5 Å². The highest BCUT2D eigenvalue weighted by atomic mass is 35.5. The molecule has 2 aliphatic carbocycles. The fourth-order valence-electron chi connectivity index (χ4n) is 6.78. The van der Waals surface area contributed by atoms with Crippen LogP contribution in [0.15, 0.2) is 51.7 Å². The molecule has 1 saturated carbocycles. The predicted molar refractivity (Wildman–Crippen MR) is 142 cm³/mol. The van der Waals surface area contributed by atoms with E-state index in [2.05, 4.69) is 0 Å². The minimum Gasteiger partial charge on any atom is -0.484 e. The van der Waals surface area contributed by atoms with Crippen molar-refractivity contribution in [2.75, 3.05) is 13.2 Å². The monoisotopic (exact) mass is 521 g/mol. The number of likely N-dealkylation sites (tertiary alicyclic amines) is 1. The molecule has 1 aromatic heterocycles. The molecule has 2 fully saturated rings. The quantitative estimate of drug-likeness (QED) is 0.452. The lowest BCUT2D eigenvalue weighted by molar-refractivity contribution is -0.157. The molecule has 1 N–H and O–H groups in total. The Bertz CT molecular complexity index is 1380. The third kappa shape index (κ3) is 4.55. The predicted octanol–water partition coefficient (Wildman–Crippen LogP) is 5.60. The van der Waals surface area contributed by atoms with Gasteiger partial charge in [-0.05, 0) is 80.3 Å². The second kappa shape index (κ2) is 9.80. The van der Waals surface area contributed by atoms with E-state index in [9.17, 15) is 14.7 Å². The third-order valence-electron chi connectivity index (χ3n) is 8.66. The molecule has 2 heterocycles. The van der Waals surface area contributed by atoms with Gasteiger partial charge in [0.15, 0.2) is 6.61 Å². The first-order valence-corrected chi connectivity index (χ1v) is 13.8. The van der Waals surface area contributed by atoms with Crippen molar-refractivity contribution in [2.24, 2.45) is 5.92 Å². The zero-order valence-corrected chi connectivity index (χ0v) is 21.6. The Morgan fingerprint density at radius 2 is 1.84 bits per heavy atom. The van der Waals surface area contributed by atoms with Crippen molar-refractivity contribution in [3.05, 3.63) is 74.6 Å². The van der Waals surface area contributed by atoms with E-state index in [-0.39, 0.29) is 30.1 Å². The Morgan fingerprint density at radius 3 is 2.65 bits per heavy atom. The molecule has 194 valence electrons. The molecule has 7 heteroatoms. The van der Waals surface area contributed by atoms with Crippen LogP contribution in [0.1, 0.15) is 67.7 Å². The average molecular weight is 522 g/mol. The summed E-state index contributed by atoms with van der Waals surface area (Å²) in [4.78, 5) is 27.9. The number of nitrogens with zero attached hydrogens (tertiary/aromatic N) is 1. The van der Waals surface area contributed by atoms with Crippen LogP contribution in [0.5, 0.6) is 5.75 Å². The fraction of sp³-hybridized carbons (Fsp3) is 0.467. The summed E-state index contributed by atoms with van der Waals surface area (Å²) in [5.41, 5.74) is 2.34. The molecule has 1 saturated heterocycles. The molecular formula is C30H32ClNO5. The number of benzene rings is 2. The normalized spacial score (nSPS) is 25.4. The highest BCUT2D eigenvalue weighted by Gasteiger charge is 2.50. The van der Waals surface area contributed by atoms with Gasteiger partial charge in [-0.1, -0.05) is 36.6 Å². The number of fused-ring (bicyclic) bond motifs is 4. The van der Waals surface area contributed by atoms with Crippen LogP contribution in [0.3, 0.4) is 0 Å². The molecule has 6 rings (SSSR count). The Kier molecular flexibility index (Phi) is 6.49. The number of ether oxygens (including phenoxy) is 1. The maximum absolute atomic E-state index is 13.5. The lowest BCUT2D eigenvalue weighted by atomic mass is 9.66. The minimum atomic E-state index is -0.755. The first-order chi connectivity index (χ1) is 17.9. The van der Waals surface area contributed by atoms with E-state index in [0.717, 1.165) is 73.4 Å². The summed E-state index contributed by atoms with van der Waals surface area (Å²) in [7, 11) is 0. The first kappa shape index (κ1) is 24.5. The maximum Gasteiger partial charge on any atom is 0.339 e. The third-order valence-corrected chi connectivity index (χ3v) is 8.91. The van der Waals surface area contributed by atoms with E-state index in [1.54, 1.807) is 6.07 Å². The summed E-state index contributed by atoms with van der Waals surface area (Å²) in [5.74, 6) is 0.342. The number of amides is 1. The van der Waals surface area contributed by atoms with E-state index in [1.165, 1.54) is 0 Å². The van der Waals surface area contributed by atoms with E-state index in [1.807, 2.05) is 41.3 Å². The van der Waals surface area contributed by atoms with Crippen LogP contribution >= 0.6 is 11.6 Å². The van der Waals surface area contributed by atoms with Gasteiger partial charge in [-0.15, -0.1) is 0 Å². The number of hydrogen-bond donors (Lipinski definition) is 1. The summed E-state index contributed by atoms with van der Waals surface area (Å²) >= 11 is 6.15. The Morgan fingerprint density at radius 1 is 1.05 bits per heavy atom. The van der Waals surface area contributed by atoms with Crippen molar-refractivity contribution in [3.63, 3.8) is 0 Å². The fourth-order valence-corrected chi connectivity index (χ4v) is 6.90. The summed E-state index contributed by atoms with van der Waals surface area (Å²) in [6, 6.07) is 12.9. The summed E-state index contributed by atoms with van der Waals surface area (Å²) < 4.78 is 11.5. The Labute approximate surface area is 221 Å². The Balaban J connectivity index is 1.24. The van der Waals surface area contributed by atoms with E-state index in [0.29, 0.717) is 29.3 Å². The topological polar surface area (TPSA) is 80.0 Å². The molecular weight excluding hydrogens is 490 g/mol. The summed E-state index contributed by atoms with van der Waals surface area (Å²) in [6.07, 6.45) is 8.00. The van der Waals surface area contributed by atoms with Crippen molar-refractivity contribution in [1.29, 1.82) is 0 Å². The van der Waals surface area contributed by atoms with Crippen molar-refractivity contribution in [3.8, 4) is 5.75 Å². The number of carbonyl (C=O) groups is 1. The molecule has 2 aromatic carbocycles. The van der Waals surface area contributed by atoms with E-state index < -0.39 is 5.60 Å². The van der Waals surface area contributed by atoms with Gasteiger partial charge in [-0.25, -0.2) is 4.79 Å². The van der Waals surface area contributed by atoms with Crippen LogP contribution in [0, 0.1) is 5.92 Å². The van der Waals surface area contributed by atoms with Gasteiger partial charge in [-0.3, -0.25) is 4.79 Å². The lowest BCUT2D eigenvalue weighted by Gasteiger charge is -2.52. The van der Waals surface area contributed by atoms with Crippen molar-refractivity contribution in [1.82, 2.24) is 4.90 Å². The highest BCUT2D eigenvalue weighted by molar-refractivity contribution is 6.30. The van der Waals surface area contributed by atoms with Crippen LogP contribution in [-0.4, -0.2) is 34.7 Å². The zero-order valence-electron chi connectivity index (χ0n) is 20.9. The SMILES string of the molecule is O=C(COc1ccc2c3c(c(=O)oc2c1)CCCC3)N1CC[C@@]2(O)CCCC[C@@H]2[C@H]1c1ccc(Cl)cc1. The maximum atomic E-state index is 13.5. The summed E-state index contributed by atoms with van der Waals surface area (Å²) in [5, 5.41) is 13.1. The number of aryl methyl sites for hydroxylation is 1. The molecule has 37 heavy (non-hydrogen) atoms. The van der Waals surface area contributed by atoms with Crippen LogP contribution in [0.4, 0.5) is 0 Å². The van der Waals surface area contributed by atoms with Gasteiger partial charge in [0.25, 0.3) is 5.91 Å². The largest absolute Gasteiger partial charge is 0.484 e. The molecule has 3 atom stereocenters. The molecule has 3 aromatic rings. The summed E-state index contributed by atoms with van der Waals surface area (Å²) in [6.45, 7) is 0.344. The zero-order chi connectivity index (χ0) is 25.6. The van der Waals surface area contributed by atoms with Crippen molar-refractivity contribution in [2.45, 2.75) is 69.4 Å². The first-order valence-electron chi connectivity index (χ1n) is 13.4. The second-order valence-electron chi connectivity index (χ2n) is 10.8. The van der Waals surface area contributed by atoms with E-state index >= 15 is 0 Å². The number of rotatable bonds is 4. The van der Waals surface area contributed by atoms with Crippen molar-refractivity contribution >= 4 is 28.5 Å². The van der Waals surface area contributed by atoms with E-state index in [4.69, 9.17) is 20.8 Å². The minimum absolute atomic E-state index is 0.0266. The molecule has 1 aliphatic heterocycles. The molecule has 6 nitrogen and oxygen atoms in total.